The molecule has 2 aromatic rings. The Morgan fingerprint density at radius 3 is 2.76 bits per heavy atom. The van der Waals surface area contributed by atoms with Gasteiger partial charge in [0.2, 0.25) is 0 Å². The Kier molecular flexibility index (Phi) is 4.45. The number of hydrogen-bond donors (Lipinski definition) is 1. The lowest BCUT2D eigenvalue weighted by Gasteiger charge is -1.97. The zero-order chi connectivity index (χ0) is 13.0. The van der Waals surface area contributed by atoms with E-state index in [2.05, 4.69) is 10.1 Å². The molecule has 0 saturated carbocycles. The Bertz CT molecular complexity index is 537. The first kappa shape index (κ1) is 13.4. The van der Waals surface area contributed by atoms with Gasteiger partial charge in [0, 0.05) is 11.6 Å². The maximum Gasteiger partial charge on any atom is 0.325 e. The molecular formula is C11H14ClN3O2. The Hall–Kier alpha value is -1.62. The van der Waals surface area contributed by atoms with Crippen molar-refractivity contribution >= 4 is 28.6 Å². The second-order valence-corrected chi connectivity index (χ2v) is 3.60. The van der Waals surface area contributed by atoms with E-state index >= 15 is 0 Å². The highest BCUT2D eigenvalue weighted by Gasteiger charge is 2.11. The fourth-order valence-electron chi connectivity index (χ4n) is 1.42. The SMILES string of the molecule is CC.Cc1nn(CC(=O)O)c2ncc(Cl)cc12. The Morgan fingerprint density at radius 1 is 1.53 bits per heavy atom. The van der Waals surface area contributed by atoms with Crippen molar-refractivity contribution in [3.05, 3.63) is 23.0 Å². The molecule has 0 aliphatic heterocycles. The fourth-order valence-corrected chi connectivity index (χ4v) is 1.58. The minimum atomic E-state index is -0.948. The standard InChI is InChI=1S/C9H8ClN3O2.C2H6/c1-5-7-2-6(10)3-11-9(7)13(12-5)4-8(14)15;1-2/h2-3H,4H2,1H3,(H,14,15);1-2H3. The van der Waals surface area contributed by atoms with Crippen LogP contribution in [0.15, 0.2) is 12.3 Å². The van der Waals surface area contributed by atoms with Crippen molar-refractivity contribution in [1.29, 1.82) is 0 Å². The molecule has 0 atom stereocenters. The van der Waals surface area contributed by atoms with Crippen molar-refractivity contribution in [2.45, 2.75) is 27.3 Å². The number of aryl methyl sites for hydroxylation is 1. The maximum absolute atomic E-state index is 10.6. The first-order valence-electron chi connectivity index (χ1n) is 5.28. The van der Waals surface area contributed by atoms with Gasteiger partial charge in [0.1, 0.15) is 6.54 Å². The van der Waals surface area contributed by atoms with E-state index in [1.165, 1.54) is 10.9 Å². The highest BCUT2D eigenvalue weighted by Crippen LogP contribution is 2.19. The molecule has 0 fully saturated rings. The molecule has 0 bridgehead atoms. The molecule has 0 aliphatic carbocycles. The lowest BCUT2D eigenvalue weighted by Crippen LogP contribution is -2.10. The van der Waals surface area contributed by atoms with E-state index in [9.17, 15) is 4.79 Å². The summed E-state index contributed by atoms with van der Waals surface area (Å²) < 4.78 is 1.35. The topological polar surface area (TPSA) is 68.0 Å². The molecule has 0 unspecified atom stereocenters. The van der Waals surface area contributed by atoms with Crippen LogP contribution >= 0.6 is 11.6 Å². The molecule has 0 spiro atoms. The van der Waals surface area contributed by atoms with Crippen molar-refractivity contribution in [2.75, 3.05) is 0 Å². The van der Waals surface area contributed by atoms with E-state index in [0.29, 0.717) is 10.7 Å². The number of pyridine rings is 1. The molecule has 92 valence electrons. The van der Waals surface area contributed by atoms with Crippen molar-refractivity contribution in [2.24, 2.45) is 0 Å². The summed E-state index contributed by atoms with van der Waals surface area (Å²) in [5, 5.41) is 14.1. The molecule has 17 heavy (non-hydrogen) atoms. The van der Waals surface area contributed by atoms with Gasteiger partial charge in [-0.2, -0.15) is 5.10 Å². The molecule has 2 aromatic heterocycles. The van der Waals surface area contributed by atoms with Gasteiger partial charge < -0.3 is 5.11 Å². The first-order valence-corrected chi connectivity index (χ1v) is 5.66. The summed E-state index contributed by atoms with van der Waals surface area (Å²) >= 11 is 5.79. The van der Waals surface area contributed by atoms with Crippen LogP contribution in [0.25, 0.3) is 11.0 Å². The molecule has 0 aliphatic rings. The average molecular weight is 256 g/mol. The second-order valence-electron chi connectivity index (χ2n) is 3.16. The van der Waals surface area contributed by atoms with Gasteiger partial charge in [-0.1, -0.05) is 25.4 Å². The lowest BCUT2D eigenvalue weighted by atomic mass is 10.3. The molecular weight excluding hydrogens is 242 g/mol. The first-order chi connectivity index (χ1) is 8.08. The molecule has 2 rings (SSSR count). The quantitative estimate of drug-likeness (QED) is 0.895. The Labute approximate surface area is 104 Å². The minimum Gasteiger partial charge on any atom is -0.480 e. The van der Waals surface area contributed by atoms with Crippen LogP contribution in [-0.2, 0) is 11.3 Å². The molecule has 0 saturated heterocycles. The van der Waals surface area contributed by atoms with Crippen LogP contribution in [0.1, 0.15) is 19.5 Å². The highest BCUT2D eigenvalue weighted by molar-refractivity contribution is 6.31. The van der Waals surface area contributed by atoms with Gasteiger partial charge in [0.05, 0.1) is 10.7 Å². The van der Waals surface area contributed by atoms with Crippen LogP contribution in [0.2, 0.25) is 5.02 Å². The monoisotopic (exact) mass is 255 g/mol. The van der Waals surface area contributed by atoms with Gasteiger partial charge >= 0.3 is 5.97 Å². The third kappa shape index (κ3) is 2.94. The summed E-state index contributed by atoms with van der Waals surface area (Å²) in [6, 6.07) is 1.73. The van der Waals surface area contributed by atoms with Crippen molar-refractivity contribution in [3.63, 3.8) is 0 Å². The number of hydrogen-bond acceptors (Lipinski definition) is 3. The van der Waals surface area contributed by atoms with Crippen molar-refractivity contribution in [1.82, 2.24) is 14.8 Å². The van der Waals surface area contributed by atoms with Crippen molar-refractivity contribution < 1.29 is 9.90 Å². The van der Waals surface area contributed by atoms with E-state index in [0.717, 1.165) is 11.1 Å². The summed E-state index contributed by atoms with van der Waals surface area (Å²) in [5.74, 6) is -0.948. The average Bonchev–Trinajstić information content (AvgIpc) is 2.57. The van der Waals surface area contributed by atoms with Crippen LogP contribution in [-0.4, -0.2) is 25.8 Å². The van der Waals surface area contributed by atoms with Gasteiger partial charge in [0.25, 0.3) is 0 Å². The number of carboxylic acid groups (broad SMARTS) is 1. The van der Waals surface area contributed by atoms with E-state index in [1.54, 1.807) is 13.0 Å². The smallest absolute Gasteiger partial charge is 0.325 e. The van der Waals surface area contributed by atoms with Gasteiger partial charge in [0.15, 0.2) is 5.65 Å². The van der Waals surface area contributed by atoms with E-state index in [4.69, 9.17) is 16.7 Å². The summed E-state index contributed by atoms with van der Waals surface area (Å²) in [7, 11) is 0. The van der Waals surface area contributed by atoms with E-state index in [-0.39, 0.29) is 6.54 Å². The minimum absolute atomic E-state index is 0.195. The van der Waals surface area contributed by atoms with Crippen LogP contribution in [0.3, 0.4) is 0 Å². The molecule has 2 heterocycles. The summed E-state index contributed by atoms with van der Waals surface area (Å²) in [6.45, 7) is 5.59. The normalized spacial score (nSPS) is 9.88. The van der Waals surface area contributed by atoms with Gasteiger partial charge in [-0.25, -0.2) is 9.67 Å². The zero-order valence-corrected chi connectivity index (χ0v) is 10.7. The fraction of sp³-hybridized carbons (Fsp3) is 0.364. The third-order valence-electron chi connectivity index (χ3n) is 2.02. The van der Waals surface area contributed by atoms with E-state index < -0.39 is 5.97 Å². The number of carbonyl (C=O) groups is 1. The number of aliphatic carboxylic acids is 1. The zero-order valence-electron chi connectivity index (χ0n) is 9.94. The number of halogens is 1. The predicted octanol–water partition coefficient (Wildman–Crippen LogP) is 2.50. The second kappa shape index (κ2) is 5.63. The number of nitrogens with zero attached hydrogens (tertiary/aromatic N) is 3. The number of carboxylic acids is 1. The number of aromatic nitrogens is 3. The van der Waals surface area contributed by atoms with E-state index in [1.807, 2.05) is 13.8 Å². The number of rotatable bonds is 2. The molecule has 6 heteroatoms. The summed E-state index contributed by atoms with van der Waals surface area (Å²) in [6.07, 6.45) is 1.48. The molecule has 0 aromatic carbocycles. The molecule has 5 nitrogen and oxygen atoms in total. The third-order valence-corrected chi connectivity index (χ3v) is 2.23. The largest absolute Gasteiger partial charge is 0.480 e. The van der Waals surface area contributed by atoms with Crippen molar-refractivity contribution in [3.8, 4) is 0 Å². The Morgan fingerprint density at radius 2 is 2.18 bits per heavy atom. The van der Waals surface area contributed by atoms with Gasteiger partial charge in [-0.15, -0.1) is 0 Å². The highest BCUT2D eigenvalue weighted by atomic mass is 35.5. The number of fused-ring (bicyclic) bond motifs is 1. The molecule has 1 N–H and O–H groups in total. The van der Waals surface area contributed by atoms with Crippen LogP contribution < -0.4 is 0 Å². The Balaban J connectivity index is 0.000000686. The van der Waals surface area contributed by atoms with Crippen LogP contribution in [0.5, 0.6) is 0 Å². The summed E-state index contributed by atoms with van der Waals surface area (Å²) in [4.78, 5) is 14.6. The van der Waals surface area contributed by atoms with Crippen LogP contribution in [0.4, 0.5) is 0 Å². The predicted molar refractivity (Wildman–Crippen MR) is 66.3 cm³/mol. The molecule has 0 amide bonds. The van der Waals surface area contributed by atoms with Crippen LogP contribution in [0, 0.1) is 6.92 Å². The lowest BCUT2D eigenvalue weighted by molar-refractivity contribution is -0.137. The molecule has 0 radical (unpaired) electrons. The summed E-state index contributed by atoms with van der Waals surface area (Å²) in [5.41, 5.74) is 1.26. The van der Waals surface area contributed by atoms with Gasteiger partial charge in [-0.3, -0.25) is 4.79 Å². The maximum atomic E-state index is 10.6. The van der Waals surface area contributed by atoms with Gasteiger partial charge in [-0.05, 0) is 13.0 Å².